The van der Waals surface area contributed by atoms with Crippen molar-refractivity contribution < 1.29 is 14.7 Å². The van der Waals surface area contributed by atoms with Crippen molar-refractivity contribution in [2.24, 2.45) is 0 Å². The van der Waals surface area contributed by atoms with Crippen LogP contribution < -0.4 is 5.32 Å². The molecule has 2 aromatic rings. The van der Waals surface area contributed by atoms with Crippen LogP contribution in [0.2, 0.25) is 0 Å². The molecule has 0 aliphatic rings. The van der Waals surface area contributed by atoms with Crippen LogP contribution in [-0.4, -0.2) is 33.5 Å². The molecule has 0 bridgehead atoms. The zero-order valence-electron chi connectivity index (χ0n) is 12.9. The van der Waals surface area contributed by atoms with Crippen molar-refractivity contribution in [3.63, 3.8) is 0 Å². The molecule has 2 aromatic heterocycles. The summed E-state index contributed by atoms with van der Waals surface area (Å²) in [6.45, 7) is 2.35. The molecule has 2 N–H and O–H groups in total. The second kappa shape index (κ2) is 8.38. The van der Waals surface area contributed by atoms with E-state index in [1.165, 1.54) is 11.3 Å². The van der Waals surface area contributed by atoms with E-state index in [2.05, 4.69) is 15.3 Å². The van der Waals surface area contributed by atoms with E-state index in [9.17, 15) is 9.59 Å². The molecule has 0 spiro atoms. The van der Waals surface area contributed by atoms with Crippen LogP contribution in [0.15, 0.2) is 24.4 Å². The number of nitrogens with zero attached hydrogens (tertiary/aromatic N) is 2. The Morgan fingerprint density at radius 3 is 2.78 bits per heavy atom. The average molecular weight is 333 g/mol. The first-order valence-corrected chi connectivity index (χ1v) is 8.28. The van der Waals surface area contributed by atoms with Gasteiger partial charge in [-0.25, -0.2) is 4.98 Å². The van der Waals surface area contributed by atoms with Crippen molar-refractivity contribution in [3.8, 4) is 10.7 Å². The van der Waals surface area contributed by atoms with E-state index < -0.39 is 5.97 Å². The Hall–Kier alpha value is -2.28. The third-order valence-corrected chi connectivity index (χ3v) is 4.42. The van der Waals surface area contributed by atoms with Crippen LogP contribution in [0.25, 0.3) is 10.7 Å². The molecule has 0 fully saturated rings. The number of nitrogens with one attached hydrogen (secondary N) is 1. The summed E-state index contributed by atoms with van der Waals surface area (Å²) in [5.74, 6) is -0.920. The van der Waals surface area contributed by atoms with E-state index in [4.69, 9.17) is 5.11 Å². The fourth-order valence-corrected chi connectivity index (χ4v) is 3.03. The van der Waals surface area contributed by atoms with Crippen LogP contribution in [0.5, 0.6) is 0 Å². The number of carboxylic acids is 1. The van der Waals surface area contributed by atoms with Gasteiger partial charge in [-0.2, -0.15) is 0 Å². The molecule has 1 amide bonds. The monoisotopic (exact) mass is 333 g/mol. The standard InChI is InChI=1S/C16H19N3O3S/c1-11-14(15(22)18-10-5-2-3-8-13(20)21)23-16(19-11)12-7-4-6-9-17-12/h4,6-7,9H,2-3,5,8,10H2,1H3,(H,18,22)(H,20,21). The quantitative estimate of drug-likeness (QED) is 0.725. The Morgan fingerprint density at radius 1 is 1.26 bits per heavy atom. The van der Waals surface area contributed by atoms with Crippen molar-refractivity contribution in [3.05, 3.63) is 35.0 Å². The number of thiazole rings is 1. The number of aromatic nitrogens is 2. The molecule has 0 atom stereocenters. The van der Waals surface area contributed by atoms with Gasteiger partial charge in [-0.3, -0.25) is 14.6 Å². The highest BCUT2D eigenvalue weighted by atomic mass is 32.1. The molecule has 2 heterocycles. The Balaban J connectivity index is 1.85. The second-order valence-corrected chi connectivity index (χ2v) is 6.11. The Morgan fingerprint density at radius 2 is 2.09 bits per heavy atom. The Bertz CT molecular complexity index is 670. The average Bonchev–Trinajstić information content (AvgIpc) is 2.93. The van der Waals surface area contributed by atoms with Gasteiger partial charge in [0.2, 0.25) is 0 Å². The summed E-state index contributed by atoms with van der Waals surface area (Å²) >= 11 is 1.33. The molecule has 7 heteroatoms. The minimum Gasteiger partial charge on any atom is -0.481 e. The van der Waals surface area contributed by atoms with E-state index in [-0.39, 0.29) is 12.3 Å². The second-order valence-electron chi connectivity index (χ2n) is 5.11. The smallest absolute Gasteiger partial charge is 0.303 e. The molecular weight excluding hydrogens is 314 g/mol. The topological polar surface area (TPSA) is 92.2 Å². The lowest BCUT2D eigenvalue weighted by molar-refractivity contribution is -0.137. The van der Waals surface area contributed by atoms with Crippen LogP contribution in [0.1, 0.15) is 41.0 Å². The zero-order valence-corrected chi connectivity index (χ0v) is 13.7. The van der Waals surface area contributed by atoms with Gasteiger partial charge in [0, 0.05) is 19.2 Å². The molecule has 0 radical (unpaired) electrons. The van der Waals surface area contributed by atoms with E-state index in [1.807, 2.05) is 25.1 Å². The molecule has 23 heavy (non-hydrogen) atoms. The first kappa shape index (κ1) is 17.1. The van der Waals surface area contributed by atoms with E-state index in [0.29, 0.717) is 23.5 Å². The molecule has 0 saturated carbocycles. The van der Waals surface area contributed by atoms with Gasteiger partial charge in [0.1, 0.15) is 9.88 Å². The van der Waals surface area contributed by atoms with Crippen LogP contribution in [0.4, 0.5) is 0 Å². The molecule has 2 rings (SSSR count). The summed E-state index contributed by atoms with van der Waals surface area (Å²) in [7, 11) is 0. The summed E-state index contributed by atoms with van der Waals surface area (Å²) in [6, 6.07) is 5.58. The van der Waals surface area contributed by atoms with Crippen molar-refractivity contribution in [2.45, 2.75) is 32.6 Å². The summed E-state index contributed by atoms with van der Waals surface area (Å²) in [6.07, 6.45) is 4.06. The van der Waals surface area contributed by atoms with Gasteiger partial charge in [-0.15, -0.1) is 11.3 Å². The molecule has 0 saturated heterocycles. The highest BCUT2D eigenvalue weighted by Gasteiger charge is 2.16. The maximum atomic E-state index is 12.2. The van der Waals surface area contributed by atoms with Crippen LogP contribution in [0.3, 0.4) is 0 Å². The lowest BCUT2D eigenvalue weighted by atomic mass is 10.2. The highest BCUT2D eigenvalue weighted by molar-refractivity contribution is 7.17. The number of carbonyl (C=O) groups excluding carboxylic acids is 1. The van der Waals surface area contributed by atoms with E-state index in [1.54, 1.807) is 6.20 Å². The van der Waals surface area contributed by atoms with Gasteiger partial charge in [0.15, 0.2) is 0 Å². The van der Waals surface area contributed by atoms with Crippen LogP contribution >= 0.6 is 11.3 Å². The molecular formula is C16H19N3O3S. The SMILES string of the molecule is Cc1nc(-c2ccccn2)sc1C(=O)NCCCCCC(=O)O. The number of aryl methyl sites for hydroxylation is 1. The van der Waals surface area contributed by atoms with Crippen molar-refractivity contribution in [1.82, 2.24) is 15.3 Å². The summed E-state index contributed by atoms with van der Waals surface area (Å²) in [5, 5.41) is 12.1. The van der Waals surface area contributed by atoms with Gasteiger partial charge < -0.3 is 10.4 Å². The minimum absolute atomic E-state index is 0.139. The number of hydrogen-bond donors (Lipinski definition) is 2. The minimum atomic E-state index is -0.781. The van der Waals surface area contributed by atoms with Crippen LogP contribution in [-0.2, 0) is 4.79 Å². The van der Waals surface area contributed by atoms with Crippen molar-refractivity contribution >= 4 is 23.2 Å². The first-order valence-electron chi connectivity index (χ1n) is 7.46. The maximum Gasteiger partial charge on any atom is 0.303 e. The molecule has 0 aliphatic heterocycles. The predicted octanol–water partition coefficient (Wildman–Crippen LogP) is 2.89. The van der Waals surface area contributed by atoms with Gasteiger partial charge in [0.05, 0.1) is 11.4 Å². The predicted molar refractivity (Wildman–Crippen MR) is 88.5 cm³/mol. The van der Waals surface area contributed by atoms with Crippen molar-refractivity contribution in [1.29, 1.82) is 0 Å². The molecule has 122 valence electrons. The summed E-state index contributed by atoms with van der Waals surface area (Å²) < 4.78 is 0. The third kappa shape index (κ3) is 5.14. The van der Waals surface area contributed by atoms with Gasteiger partial charge in [-0.05, 0) is 31.9 Å². The number of rotatable bonds is 8. The molecule has 0 aromatic carbocycles. The number of amides is 1. The lowest BCUT2D eigenvalue weighted by Gasteiger charge is -2.03. The number of pyridine rings is 1. The normalized spacial score (nSPS) is 10.5. The van der Waals surface area contributed by atoms with Gasteiger partial charge >= 0.3 is 5.97 Å². The maximum absolute atomic E-state index is 12.2. The van der Waals surface area contributed by atoms with Crippen molar-refractivity contribution in [2.75, 3.05) is 6.54 Å². The Kier molecular flexibility index (Phi) is 6.22. The summed E-state index contributed by atoms with van der Waals surface area (Å²) in [4.78, 5) is 31.8. The molecule has 0 aliphatic carbocycles. The number of carboxylic acid groups (broad SMARTS) is 1. The summed E-state index contributed by atoms with van der Waals surface area (Å²) in [5.41, 5.74) is 1.45. The fourth-order valence-electron chi connectivity index (χ4n) is 2.07. The fraction of sp³-hybridized carbons (Fsp3) is 0.375. The molecule has 6 nitrogen and oxygen atoms in total. The van der Waals surface area contributed by atoms with Gasteiger partial charge in [0.25, 0.3) is 5.91 Å². The first-order chi connectivity index (χ1) is 11.1. The van der Waals surface area contributed by atoms with E-state index >= 15 is 0 Å². The van der Waals surface area contributed by atoms with Crippen LogP contribution in [0, 0.1) is 6.92 Å². The molecule has 0 unspecified atom stereocenters. The largest absolute Gasteiger partial charge is 0.481 e. The Labute approximate surface area is 138 Å². The highest BCUT2D eigenvalue weighted by Crippen LogP contribution is 2.26. The lowest BCUT2D eigenvalue weighted by Crippen LogP contribution is -2.24. The van der Waals surface area contributed by atoms with Gasteiger partial charge in [-0.1, -0.05) is 12.5 Å². The number of aliphatic carboxylic acids is 1. The van der Waals surface area contributed by atoms with E-state index in [0.717, 1.165) is 23.5 Å². The number of unbranched alkanes of at least 4 members (excludes halogenated alkanes) is 2. The zero-order chi connectivity index (χ0) is 16.7. The number of carbonyl (C=O) groups is 2. The third-order valence-electron chi connectivity index (χ3n) is 3.24. The number of hydrogen-bond acceptors (Lipinski definition) is 5.